The first-order chi connectivity index (χ1) is 9.95. The lowest BCUT2D eigenvalue weighted by molar-refractivity contribution is 0.0948. The minimum Gasteiger partial charge on any atom is -0.350 e. The van der Waals surface area contributed by atoms with Crippen molar-refractivity contribution in [2.24, 2.45) is 0 Å². The number of amides is 1. The normalized spacial score (nSPS) is 10.9. The molecule has 0 aliphatic carbocycles. The summed E-state index contributed by atoms with van der Waals surface area (Å²) in [6.07, 6.45) is 0.519. The molecule has 1 N–H and O–H groups in total. The van der Waals surface area contributed by atoms with Crippen LogP contribution in [0.2, 0.25) is 0 Å². The quantitative estimate of drug-likeness (QED) is 0.898. The number of nitrogens with one attached hydrogen (secondary N) is 1. The first-order valence-electron chi connectivity index (χ1n) is 6.88. The summed E-state index contributed by atoms with van der Waals surface area (Å²) in [6, 6.07) is 1.66. The van der Waals surface area contributed by atoms with Crippen LogP contribution in [0.25, 0.3) is 0 Å². The van der Waals surface area contributed by atoms with E-state index >= 15 is 0 Å². The third-order valence-electron chi connectivity index (χ3n) is 2.81. The van der Waals surface area contributed by atoms with E-state index in [0.29, 0.717) is 36.2 Å². The van der Waals surface area contributed by atoms with Gasteiger partial charge in [0.2, 0.25) is 5.89 Å². The second-order valence-electron chi connectivity index (χ2n) is 5.15. The SMILES string of the molecule is Cc1cc(C(=O)NCCc2noc(C(C)C)n2)nc(C)n1. The molecule has 0 atom stereocenters. The van der Waals surface area contributed by atoms with E-state index in [4.69, 9.17) is 4.52 Å². The molecule has 2 rings (SSSR count). The van der Waals surface area contributed by atoms with E-state index in [1.165, 1.54) is 0 Å². The fraction of sp³-hybridized carbons (Fsp3) is 0.500. The standard InChI is InChI=1S/C14H19N5O2/c1-8(2)14-18-12(19-21-14)5-6-15-13(20)11-7-9(3)16-10(4)17-11/h7-8H,5-6H2,1-4H3,(H,15,20). The molecule has 0 saturated carbocycles. The number of aryl methyl sites for hydroxylation is 2. The average molecular weight is 289 g/mol. The van der Waals surface area contributed by atoms with Gasteiger partial charge in [-0.1, -0.05) is 19.0 Å². The number of hydrogen-bond donors (Lipinski definition) is 1. The molecule has 0 fully saturated rings. The molecule has 7 heteroatoms. The van der Waals surface area contributed by atoms with E-state index in [-0.39, 0.29) is 11.8 Å². The van der Waals surface area contributed by atoms with Gasteiger partial charge in [0, 0.05) is 24.6 Å². The van der Waals surface area contributed by atoms with Gasteiger partial charge < -0.3 is 9.84 Å². The van der Waals surface area contributed by atoms with Gasteiger partial charge in [-0.15, -0.1) is 0 Å². The molecule has 0 aliphatic heterocycles. The van der Waals surface area contributed by atoms with E-state index in [0.717, 1.165) is 5.69 Å². The summed E-state index contributed by atoms with van der Waals surface area (Å²) in [4.78, 5) is 24.5. The number of carbonyl (C=O) groups excluding carboxylic acids is 1. The molecule has 21 heavy (non-hydrogen) atoms. The molecule has 7 nitrogen and oxygen atoms in total. The lowest BCUT2D eigenvalue weighted by Gasteiger charge is -2.04. The molecule has 112 valence electrons. The third kappa shape index (κ3) is 4.08. The Morgan fingerprint density at radius 2 is 2.05 bits per heavy atom. The van der Waals surface area contributed by atoms with Crippen LogP contribution in [0.1, 0.15) is 53.5 Å². The number of rotatable bonds is 5. The molecule has 2 aromatic rings. The highest BCUT2D eigenvalue weighted by atomic mass is 16.5. The highest BCUT2D eigenvalue weighted by molar-refractivity contribution is 5.92. The van der Waals surface area contributed by atoms with Crippen LogP contribution in [0.4, 0.5) is 0 Å². The zero-order chi connectivity index (χ0) is 15.4. The van der Waals surface area contributed by atoms with Crippen LogP contribution in [0, 0.1) is 13.8 Å². The van der Waals surface area contributed by atoms with Crippen molar-refractivity contribution in [1.82, 2.24) is 25.4 Å². The van der Waals surface area contributed by atoms with E-state index < -0.39 is 0 Å². The molecular formula is C14H19N5O2. The van der Waals surface area contributed by atoms with Crippen molar-refractivity contribution in [1.29, 1.82) is 0 Å². The summed E-state index contributed by atoms with van der Waals surface area (Å²) in [5.74, 6) is 1.76. The number of nitrogens with zero attached hydrogens (tertiary/aromatic N) is 4. The van der Waals surface area contributed by atoms with E-state index in [9.17, 15) is 4.79 Å². The van der Waals surface area contributed by atoms with Gasteiger partial charge >= 0.3 is 0 Å². The molecule has 0 saturated heterocycles. The molecule has 0 spiro atoms. The maximum absolute atomic E-state index is 12.0. The molecule has 0 unspecified atom stereocenters. The molecular weight excluding hydrogens is 270 g/mol. The maximum atomic E-state index is 12.0. The van der Waals surface area contributed by atoms with Gasteiger partial charge in [0.15, 0.2) is 5.82 Å². The zero-order valence-corrected chi connectivity index (χ0v) is 12.7. The van der Waals surface area contributed by atoms with Crippen LogP contribution in [-0.2, 0) is 6.42 Å². The maximum Gasteiger partial charge on any atom is 0.270 e. The summed E-state index contributed by atoms with van der Waals surface area (Å²) in [7, 11) is 0. The fourth-order valence-electron chi connectivity index (χ4n) is 1.82. The molecule has 0 aliphatic rings. The molecule has 1 amide bonds. The molecule has 0 bridgehead atoms. The molecule has 2 aromatic heterocycles. The van der Waals surface area contributed by atoms with Crippen LogP contribution >= 0.6 is 0 Å². The highest BCUT2D eigenvalue weighted by Crippen LogP contribution is 2.10. The van der Waals surface area contributed by atoms with Gasteiger partial charge in [-0.3, -0.25) is 4.79 Å². The van der Waals surface area contributed by atoms with Crippen LogP contribution in [0.3, 0.4) is 0 Å². The van der Waals surface area contributed by atoms with Crippen LogP contribution in [0.5, 0.6) is 0 Å². The Kier molecular flexibility index (Phi) is 4.62. The topological polar surface area (TPSA) is 93.8 Å². The Hall–Kier alpha value is -2.31. The van der Waals surface area contributed by atoms with Gasteiger partial charge in [-0.05, 0) is 19.9 Å². The van der Waals surface area contributed by atoms with Gasteiger partial charge in [-0.25, -0.2) is 9.97 Å². The van der Waals surface area contributed by atoms with Gasteiger partial charge in [0.05, 0.1) is 0 Å². The smallest absolute Gasteiger partial charge is 0.270 e. The predicted octanol–water partition coefficient (Wildman–Crippen LogP) is 1.57. The van der Waals surface area contributed by atoms with Crippen LogP contribution in [0.15, 0.2) is 10.6 Å². The number of aromatic nitrogens is 4. The average Bonchev–Trinajstić information content (AvgIpc) is 2.86. The monoisotopic (exact) mass is 289 g/mol. The van der Waals surface area contributed by atoms with Crippen molar-refractivity contribution in [3.63, 3.8) is 0 Å². The molecule has 2 heterocycles. The van der Waals surface area contributed by atoms with Crippen molar-refractivity contribution >= 4 is 5.91 Å². The minimum atomic E-state index is -0.226. The summed E-state index contributed by atoms with van der Waals surface area (Å²) >= 11 is 0. The number of carbonyl (C=O) groups is 1. The molecule has 0 radical (unpaired) electrons. The first-order valence-corrected chi connectivity index (χ1v) is 6.88. The lowest BCUT2D eigenvalue weighted by atomic mass is 10.2. The fourth-order valence-corrected chi connectivity index (χ4v) is 1.82. The van der Waals surface area contributed by atoms with E-state index in [1.54, 1.807) is 13.0 Å². The van der Waals surface area contributed by atoms with Gasteiger partial charge in [0.1, 0.15) is 11.5 Å². The van der Waals surface area contributed by atoms with Gasteiger partial charge in [-0.2, -0.15) is 4.98 Å². The first kappa shape index (κ1) is 15.1. The third-order valence-corrected chi connectivity index (χ3v) is 2.81. The summed E-state index contributed by atoms with van der Waals surface area (Å²) < 4.78 is 5.11. The summed E-state index contributed by atoms with van der Waals surface area (Å²) in [6.45, 7) is 7.99. The van der Waals surface area contributed by atoms with Crippen LogP contribution < -0.4 is 5.32 Å². The second-order valence-corrected chi connectivity index (χ2v) is 5.15. The molecule has 0 aromatic carbocycles. The second kappa shape index (κ2) is 6.43. The van der Waals surface area contributed by atoms with Crippen molar-refractivity contribution in [3.8, 4) is 0 Å². The van der Waals surface area contributed by atoms with Crippen molar-refractivity contribution in [2.45, 2.75) is 40.0 Å². The summed E-state index contributed by atoms with van der Waals surface area (Å²) in [5, 5.41) is 6.66. The van der Waals surface area contributed by atoms with Crippen molar-refractivity contribution < 1.29 is 9.32 Å². The van der Waals surface area contributed by atoms with Crippen molar-refractivity contribution in [2.75, 3.05) is 6.54 Å². The predicted molar refractivity (Wildman–Crippen MR) is 75.9 cm³/mol. The number of hydrogen-bond acceptors (Lipinski definition) is 6. The Labute approximate surface area is 123 Å². The van der Waals surface area contributed by atoms with E-state index in [2.05, 4.69) is 25.4 Å². The summed E-state index contributed by atoms with van der Waals surface area (Å²) in [5.41, 5.74) is 1.14. The van der Waals surface area contributed by atoms with Crippen LogP contribution in [-0.4, -0.2) is 32.6 Å². The Balaban J connectivity index is 1.89. The van der Waals surface area contributed by atoms with E-state index in [1.807, 2.05) is 20.8 Å². The minimum absolute atomic E-state index is 0.202. The lowest BCUT2D eigenvalue weighted by Crippen LogP contribution is -2.27. The zero-order valence-electron chi connectivity index (χ0n) is 12.7. The van der Waals surface area contributed by atoms with Crippen molar-refractivity contribution in [3.05, 3.63) is 35.0 Å². The highest BCUT2D eigenvalue weighted by Gasteiger charge is 2.11. The Morgan fingerprint density at radius 1 is 1.29 bits per heavy atom. The van der Waals surface area contributed by atoms with Gasteiger partial charge in [0.25, 0.3) is 5.91 Å². The largest absolute Gasteiger partial charge is 0.350 e. The Bertz CT molecular complexity index is 616. The Morgan fingerprint density at radius 3 is 2.67 bits per heavy atom.